The van der Waals surface area contributed by atoms with Gasteiger partial charge in [0, 0.05) is 29.7 Å². The highest BCUT2D eigenvalue weighted by Gasteiger charge is 2.09. The zero-order valence-electron chi connectivity index (χ0n) is 17.6. The fraction of sp³-hybridized carbons (Fsp3) is 0.269. The van der Waals surface area contributed by atoms with E-state index in [1.165, 1.54) is 0 Å². The third kappa shape index (κ3) is 7.00. The summed E-state index contributed by atoms with van der Waals surface area (Å²) in [6.07, 6.45) is 11.4. The summed E-state index contributed by atoms with van der Waals surface area (Å²) in [5, 5.41) is 2.84. The van der Waals surface area contributed by atoms with Crippen molar-refractivity contribution in [2.24, 2.45) is 0 Å². The average molecular weight is 433 g/mol. The molecule has 2 aromatic carbocycles. The molecule has 4 nitrogen and oxygen atoms in total. The van der Waals surface area contributed by atoms with Gasteiger partial charge in [-0.1, -0.05) is 73.6 Å². The first-order valence-electron chi connectivity index (χ1n) is 10.7. The highest BCUT2D eigenvalue weighted by molar-refractivity contribution is 7.80. The topological polar surface area (TPSA) is 72.2 Å². The molecule has 0 heterocycles. The first-order valence-corrected chi connectivity index (χ1v) is 11.1. The molecular formula is C26H28N2O2S. The van der Waals surface area contributed by atoms with E-state index in [2.05, 4.69) is 17.5 Å². The van der Waals surface area contributed by atoms with Gasteiger partial charge in [-0.3, -0.25) is 9.59 Å². The number of nitrogens with one attached hydrogen (secondary N) is 1. The lowest BCUT2D eigenvalue weighted by molar-refractivity contribution is -0.116. The van der Waals surface area contributed by atoms with Crippen LogP contribution >= 0.6 is 12.2 Å². The standard InChI is InChI=1S/C26H28N2O2S/c27-23-10-5-6-11-24(23)28-26(30)13-4-2-1-3-12-25(29)20-16-14-19(15-17-20)21-8-7-9-22(31)18-21/h5-8,10-11,14-18H,1-4,9,12-13,27H2,(H,28,30). The predicted octanol–water partition coefficient (Wildman–Crippen LogP) is 6.14. The molecule has 1 aliphatic rings. The van der Waals surface area contributed by atoms with Crippen LogP contribution < -0.4 is 11.1 Å². The number of benzene rings is 2. The van der Waals surface area contributed by atoms with E-state index >= 15 is 0 Å². The summed E-state index contributed by atoms with van der Waals surface area (Å²) in [4.78, 5) is 25.4. The van der Waals surface area contributed by atoms with E-state index in [4.69, 9.17) is 18.0 Å². The van der Waals surface area contributed by atoms with Crippen LogP contribution in [0.2, 0.25) is 0 Å². The summed E-state index contributed by atoms with van der Waals surface area (Å²) in [5.41, 5.74) is 9.96. The Labute approximate surface area is 189 Å². The number of unbranched alkanes of at least 4 members (excludes halogenated alkanes) is 3. The fourth-order valence-electron chi connectivity index (χ4n) is 3.50. The van der Waals surface area contributed by atoms with Gasteiger partial charge in [-0.05, 0) is 42.2 Å². The second-order valence-electron chi connectivity index (χ2n) is 7.72. The van der Waals surface area contributed by atoms with Crippen LogP contribution in [0.15, 0.2) is 66.8 Å². The number of hydrogen-bond acceptors (Lipinski definition) is 4. The van der Waals surface area contributed by atoms with Crippen LogP contribution in [-0.2, 0) is 4.79 Å². The number of ketones is 1. The van der Waals surface area contributed by atoms with Crippen LogP contribution in [0.4, 0.5) is 11.4 Å². The summed E-state index contributed by atoms with van der Waals surface area (Å²) in [5.74, 6) is 0.130. The number of thiocarbonyl (C=S) groups is 1. The first-order chi connectivity index (χ1) is 15.0. The van der Waals surface area contributed by atoms with Gasteiger partial charge in [-0.25, -0.2) is 0 Å². The molecule has 0 saturated carbocycles. The predicted molar refractivity (Wildman–Crippen MR) is 132 cm³/mol. The van der Waals surface area contributed by atoms with Crippen molar-refractivity contribution < 1.29 is 9.59 Å². The van der Waals surface area contributed by atoms with E-state index in [1.807, 2.05) is 42.5 Å². The normalized spacial score (nSPS) is 13.0. The van der Waals surface area contributed by atoms with Crippen molar-refractivity contribution in [3.63, 3.8) is 0 Å². The number of nitrogens with two attached hydrogens (primary N) is 1. The van der Waals surface area contributed by atoms with Gasteiger partial charge in [0.25, 0.3) is 0 Å². The third-order valence-electron chi connectivity index (χ3n) is 5.27. The maximum absolute atomic E-state index is 12.4. The Morgan fingerprint density at radius 2 is 1.65 bits per heavy atom. The van der Waals surface area contributed by atoms with E-state index in [9.17, 15) is 9.59 Å². The van der Waals surface area contributed by atoms with Crippen molar-refractivity contribution in [1.29, 1.82) is 0 Å². The molecule has 0 atom stereocenters. The highest BCUT2D eigenvalue weighted by atomic mass is 32.1. The van der Waals surface area contributed by atoms with Crippen LogP contribution in [0.1, 0.15) is 60.9 Å². The van der Waals surface area contributed by atoms with Gasteiger partial charge >= 0.3 is 0 Å². The van der Waals surface area contributed by atoms with Crippen molar-refractivity contribution in [3.8, 4) is 0 Å². The lowest BCUT2D eigenvalue weighted by Crippen LogP contribution is -2.12. The number of nitrogen functional groups attached to an aromatic ring is 1. The van der Waals surface area contributed by atoms with Gasteiger partial charge in [0.05, 0.1) is 11.4 Å². The van der Waals surface area contributed by atoms with Crippen LogP contribution in [-0.4, -0.2) is 16.6 Å². The summed E-state index contributed by atoms with van der Waals surface area (Å²) < 4.78 is 0. The van der Waals surface area contributed by atoms with E-state index in [0.717, 1.165) is 53.7 Å². The van der Waals surface area contributed by atoms with Crippen molar-refractivity contribution >= 4 is 45.7 Å². The van der Waals surface area contributed by atoms with Gasteiger partial charge in [0.2, 0.25) is 5.91 Å². The zero-order chi connectivity index (χ0) is 22.1. The van der Waals surface area contributed by atoms with E-state index in [0.29, 0.717) is 24.2 Å². The minimum Gasteiger partial charge on any atom is -0.397 e. The molecule has 0 bridgehead atoms. The number of amides is 1. The Balaban J connectivity index is 1.34. The highest BCUT2D eigenvalue weighted by Crippen LogP contribution is 2.22. The Kier molecular flexibility index (Phi) is 8.30. The molecule has 0 saturated heterocycles. The number of allylic oxidation sites excluding steroid dienone is 4. The number of anilines is 2. The first kappa shape index (κ1) is 22.6. The molecule has 0 fully saturated rings. The number of rotatable bonds is 10. The quantitative estimate of drug-likeness (QED) is 0.205. The van der Waals surface area contributed by atoms with Gasteiger partial charge in [-0.2, -0.15) is 0 Å². The van der Waals surface area contributed by atoms with Crippen molar-refractivity contribution in [2.45, 2.75) is 44.9 Å². The van der Waals surface area contributed by atoms with Gasteiger partial charge in [-0.15, -0.1) is 0 Å². The second-order valence-corrected chi connectivity index (χ2v) is 8.25. The Morgan fingerprint density at radius 3 is 2.35 bits per heavy atom. The molecule has 3 rings (SSSR count). The fourth-order valence-corrected chi connectivity index (χ4v) is 3.73. The molecule has 160 valence electrons. The maximum atomic E-state index is 12.4. The molecule has 5 heteroatoms. The number of carbonyl (C=O) groups is 2. The largest absolute Gasteiger partial charge is 0.397 e. The molecule has 1 aliphatic carbocycles. The lowest BCUT2D eigenvalue weighted by atomic mass is 9.97. The summed E-state index contributed by atoms with van der Waals surface area (Å²) in [7, 11) is 0. The molecule has 31 heavy (non-hydrogen) atoms. The van der Waals surface area contributed by atoms with Crippen molar-refractivity contribution in [1.82, 2.24) is 0 Å². The molecule has 0 aliphatic heterocycles. The van der Waals surface area contributed by atoms with E-state index < -0.39 is 0 Å². The molecule has 1 amide bonds. The zero-order valence-corrected chi connectivity index (χ0v) is 18.4. The summed E-state index contributed by atoms with van der Waals surface area (Å²) in [6.45, 7) is 0. The summed E-state index contributed by atoms with van der Waals surface area (Å²) >= 11 is 5.27. The number of hydrogen-bond donors (Lipinski definition) is 2. The van der Waals surface area contributed by atoms with Crippen LogP contribution in [0.5, 0.6) is 0 Å². The SMILES string of the molecule is Nc1ccccc1NC(=O)CCCCCCC(=O)c1ccc(C2=CC(=S)CC=C2)cc1. The molecule has 3 N–H and O–H groups in total. The molecule has 0 unspecified atom stereocenters. The van der Waals surface area contributed by atoms with Crippen molar-refractivity contribution in [2.75, 3.05) is 11.1 Å². The second kappa shape index (κ2) is 11.4. The van der Waals surface area contributed by atoms with Crippen LogP contribution in [0.3, 0.4) is 0 Å². The summed E-state index contributed by atoms with van der Waals surface area (Å²) in [6, 6.07) is 15.0. The molecule has 0 radical (unpaired) electrons. The molecule has 0 aromatic heterocycles. The number of Topliss-reactive ketones (excluding diaryl/α,β-unsaturated/α-hetero) is 1. The third-order valence-corrected chi connectivity index (χ3v) is 5.55. The van der Waals surface area contributed by atoms with Crippen LogP contribution in [0.25, 0.3) is 5.57 Å². The minimum atomic E-state index is -0.0299. The van der Waals surface area contributed by atoms with E-state index in [-0.39, 0.29) is 11.7 Å². The Morgan fingerprint density at radius 1 is 0.935 bits per heavy atom. The smallest absolute Gasteiger partial charge is 0.224 e. The Bertz CT molecular complexity index is 1010. The Hall–Kier alpha value is -3.05. The monoisotopic (exact) mass is 432 g/mol. The van der Waals surface area contributed by atoms with Crippen molar-refractivity contribution in [3.05, 3.63) is 77.9 Å². The minimum absolute atomic E-state index is 0.0299. The van der Waals surface area contributed by atoms with Gasteiger partial charge < -0.3 is 11.1 Å². The molecular weight excluding hydrogens is 404 g/mol. The number of carbonyl (C=O) groups excluding carboxylic acids is 2. The molecule has 2 aromatic rings. The van der Waals surface area contributed by atoms with E-state index in [1.54, 1.807) is 12.1 Å². The van der Waals surface area contributed by atoms with Gasteiger partial charge in [0.15, 0.2) is 5.78 Å². The maximum Gasteiger partial charge on any atom is 0.224 e. The average Bonchev–Trinajstić information content (AvgIpc) is 2.77. The van der Waals surface area contributed by atoms with Gasteiger partial charge in [0.1, 0.15) is 0 Å². The lowest BCUT2D eigenvalue weighted by Gasteiger charge is -2.09. The number of para-hydroxylation sites is 2. The molecule has 0 spiro atoms. The van der Waals surface area contributed by atoms with Crippen LogP contribution in [0, 0.1) is 0 Å².